The molecule has 0 aromatic heterocycles. The first-order valence-corrected chi connectivity index (χ1v) is 12.5. The molecule has 5 rings (SSSR count). The van der Waals surface area contributed by atoms with Crippen molar-refractivity contribution in [3.05, 3.63) is 68.4 Å². The minimum atomic E-state index is -1.16. The third kappa shape index (κ3) is 3.73. The number of carbonyl (C=O) groups excluding carboxylic acids is 1. The monoisotopic (exact) mass is 496 g/mol. The standard InChI is InChI=1S/C22H19Cl2FN2O4S/c1-32(29)9-20(28)27-10-22(11-27)15-3-2-12(4-14(15)8-30-22)18-7-19(31-26-18)13-5-16(23)21(25)17(24)6-13/h2-6,19H,7-11H2,1H3. The van der Waals surface area contributed by atoms with Crippen LogP contribution in [0.2, 0.25) is 10.0 Å². The van der Waals surface area contributed by atoms with Crippen LogP contribution in [0.4, 0.5) is 4.39 Å². The van der Waals surface area contributed by atoms with Gasteiger partial charge in [0.15, 0.2) is 11.9 Å². The number of carbonyl (C=O) groups is 1. The second-order valence-corrected chi connectivity index (χ2v) is 10.5. The summed E-state index contributed by atoms with van der Waals surface area (Å²) in [5.41, 5.74) is 3.97. The van der Waals surface area contributed by atoms with Gasteiger partial charge < -0.3 is 14.5 Å². The van der Waals surface area contributed by atoms with Crippen LogP contribution in [0, 0.1) is 5.82 Å². The molecule has 3 heterocycles. The Labute approximate surface area is 196 Å². The third-order valence-electron chi connectivity index (χ3n) is 6.05. The Kier molecular flexibility index (Phi) is 5.52. The molecular formula is C22H19Cl2FN2O4S. The van der Waals surface area contributed by atoms with Crippen molar-refractivity contribution in [2.75, 3.05) is 25.1 Å². The van der Waals surface area contributed by atoms with Crippen LogP contribution in [0.1, 0.15) is 34.8 Å². The van der Waals surface area contributed by atoms with Crippen molar-refractivity contribution in [3.8, 4) is 0 Å². The van der Waals surface area contributed by atoms with E-state index in [-0.39, 0.29) is 21.7 Å². The van der Waals surface area contributed by atoms with E-state index in [4.69, 9.17) is 32.8 Å². The van der Waals surface area contributed by atoms with Crippen molar-refractivity contribution in [3.63, 3.8) is 0 Å². The van der Waals surface area contributed by atoms with Crippen molar-refractivity contribution < 1.29 is 23.0 Å². The van der Waals surface area contributed by atoms with E-state index in [2.05, 4.69) is 5.16 Å². The van der Waals surface area contributed by atoms with Crippen molar-refractivity contribution >= 4 is 45.6 Å². The Bertz CT molecular complexity index is 1160. The topological polar surface area (TPSA) is 68.2 Å². The molecule has 168 valence electrons. The van der Waals surface area contributed by atoms with E-state index >= 15 is 0 Å². The summed E-state index contributed by atoms with van der Waals surface area (Å²) in [6, 6.07) is 9.02. The van der Waals surface area contributed by atoms with E-state index in [0.717, 1.165) is 22.4 Å². The number of rotatable bonds is 4. The Morgan fingerprint density at radius 1 is 1.28 bits per heavy atom. The van der Waals surface area contributed by atoms with Crippen LogP contribution in [-0.2, 0) is 37.4 Å². The lowest BCUT2D eigenvalue weighted by Gasteiger charge is -2.47. The summed E-state index contributed by atoms with van der Waals surface area (Å²) in [4.78, 5) is 19.4. The van der Waals surface area contributed by atoms with Gasteiger partial charge in [-0.2, -0.15) is 0 Å². The predicted molar refractivity (Wildman–Crippen MR) is 120 cm³/mol. The van der Waals surface area contributed by atoms with Crippen LogP contribution in [-0.4, -0.2) is 45.8 Å². The lowest BCUT2D eigenvalue weighted by Crippen LogP contribution is -2.61. The smallest absolute Gasteiger partial charge is 0.235 e. The molecule has 3 aliphatic heterocycles. The van der Waals surface area contributed by atoms with Gasteiger partial charge in [-0.05, 0) is 40.5 Å². The highest BCUT2D eigenvalue weighted by molar-refractivity contribution is 7.85. The van der Waals surface area contributed by atoms with Crippen LogP contribution < -0.4 is 0 Å². The second kappa shape index (κ2) is 8.09. The van der Waals surface area contributed by atoms with E-state index in [9.17, 15) is 13.4 Å². The molecule has 10 heteroatoms. The zero-order valence-electron chi connectivity index (χ0n) is 17.1. The minimum Gasteiger partial charge on any atom is -0.387 e. The molecule has 1 fully saturated rings. The molecule has 1 amide bonds. The van der Waals surface area contributed by atoms with Gasteiger partial charge >= 0.3 is 0 Å². The molecule has 2 unspecified atom stereocenters. The van der Waals surface area contributed by atoms with E-state index < -0.39 is 28.3 Å². The number of halogens is 3. The maximum Gasteiger partial charge on any atom is 0.235 e. The van der Waals surface area contributed by atoms with Gasteiger partial charge in [-0.3, -0.25) is 9.00 Å². The zero-order chi connectivity index (χ0) is 22.6. The Hall–Kier alpha value is -2.00. The summed E-state index contributed by atoms with van der Waals surface area (Å²) in [6.07, 6.45) is 1.63. The molecule has 0 aliphatic carbocycles. The average molecular weight is 497 g/mol. The fourth-order valence-corrected chi connectivity index (χ4v) is 5.43. The minimum absolute atomic E-state index is 0.0351. The highest BCUT2D eigenvalue weighted by Crippen LogP contribution is 2.44. The molecule has 0 saturated carbocycles. The molecule has 0 N–H and O–H groups in total. The Morgan fingerprint density at radius 3 is 2.69 bits per heavy atom. The molecular weight excluding hydrogens is 478 g/mol. The van der Waals surface area contributed by atoms with Gasteiger partial charge in [-0.15, -0.1) is 0 Å². The first kappa shape index (κ1) is 21.8. The molecule has 2 aromatic rings. The number of benzene rings is 2. The van der Waals surface area contributed by atoms with Gasteiger partial charge in [0, 0.05) is 23.5 Å². The lowest BCUT2D eigenvalue weighted by atomic mass is 9.84. The molecule has 32 heavy (non-hydrogen) atoms. The molecule has 2 atom stereocenters. The molecule has 6 nitrogen and oxygen atoms in total. The highest BCUT2D eigenvalue weighted by Gasteiger charge is 2.51. The van der Waals surface area contributed by atoms with Crippen molar-refractivity contribution in [2.45, 2.75) is 24.7 Å². The van der Waals surface area contributed by atoms with Crippen molar-refractivity contribution in [1.29, 1.82) is 0 Å². The summed E-state index contributed by atoms with van der Waals surface area (Å²) < 4.78 is 31.1. The lowest BCUT2D eigenvalue weighted by molar-refractivity contribution is -0.166. The summed E-state index contributed by atoms with van der Waals surface area (Å²) in [6.45, 7) is 1.38. The van der Waals surface area contributed by atoms with Gasteiger partial charge in [0.1, 0.15) is 11.4 Å². The van der Waals surface area contributed by atoms with Crippen molar-refractivity contribution in [2.24, 2.45) is 5.16 Å². The van der Waals surface area contributed by atoms with E-state index in [1.54, 1.807) is 4.90 Å². The van der Waals surface area contributed by atoms with Crippen molar-refractivity contribution in [1.82, 2.24) is 4.90 Å². The molecule has 3 aliphatic rings. The first-order valence-electron chi connectivity index (χ1n) is 9.98. The molecule has 1 saturated heterocycles. The number of ether oxygens (including phenoxy) is 1. The number of oxime groups is 1. The maximum absolute atomic E-state index is 13.7. The normalized spacial score (nSPS) is 21.7. The van der Waals surface area contributed by atoms with Gasteiger partial charge in [-0.1, -0.05) is 40.5 Å². The average Bonchev–Trinajstić information content (AvgIpc) is 3.35. The molecule has 0 bridgehead atoms. The molecule has 2 aromatic carbocycles. The van der Waals surface area contributed by atoms with Gasteiger partial charge in [-0.25, -0.2) is 4.39 Å². The van der Waals surface area contributed by atoms with Crippen LogP contribution in [0.25, 0.3) is 0 Å². The number of hydrogen-bond donors (Lipinski definition) is 0. The van der Waals surface area contributed by atoms with E-state index in [0.29, 0.717) is 31.7 Å². The molecule has 1 spiro atoms. The van der Waals surface area contributed by atoms with E-state index in [1.165, 1.54) is 18.4 Å². The fraction of sp³-hybridized carbons (Fsp3) is 0.364. The fourth-order valence-electron chi connectivity index (χ4n) is 4.39. The highest BCUT2D eigenvalue weighted by atomic mass is 35.5. The largest absolute Gasteiger partial charge is 0.387 e. The summed E-state index contributed by atoms with van der Waals surface area (Å²) in [5.74, 6) is -0.731. The summed E-state index contributed by atoms with van der Waals surface area (Å²) in [5, 5.41) is 4.11. The Morgan fingerprint density at radius 2 is 2.00 bits per heavy atom. The van der Waals surface area contributed by atoms with Gasteiger partial charge in [0.2, 0.25) is 5.91 Å². The van der Waals surface area contributed by atoms with Crippen LogP contribution >= 0.6 is 23.2 Å². The first-order chi connectivity index (χ1) is 15.3. The number of fused-ring (bicyclic) bond motifs is 2. The number of nitrogens with zero attached hydrogens (tertiary/aromatic N) is 2. The summed E-state index contributed by atoms with van der Waals surface area (Å²) >= 11 is 11.8. The van der Waals surface area contributed by atoms with Crippen LogP contribution in [0.15, 0.2) is 35.5 Å². The summed E-state index contributed by atoms with van der Waals surface area (Å²) in [7, 11) is -1.16. The Balaban J connectivity index is 1.29. The number of amides is 1. The third-order valence-corrected chi connectivity index (χ3v) is 7.26. The predicted octanol–water partition coefficient (Wildman–Crippen LogP) is 3.94. The number of hydrogen-bond acceptors (Lipinski definition) is 5. The zero-order valence-corrected chi connectivity index (χ0v) is 19.4. The SMILES string of the molecule is CS(=O)CC(=O)N1CC2(C1)OCc1cc(C3=NOC(c4cc(Cl)c(F)c(Cl)c4)C3)ccc12. The van der Waals surface area contributed by atoms with Gasteiger partial charge in [0.05, 0.1) is 35.5 Å². The number of likely N-dealkylation sites (tertiary alicyclic amines) is 1. The van der Waals surface area contributed by atoms with Gasteiger partial charge in [0.25, 0.3) is 0 Å². The quantitative estimate of drug-likeness (QED) is 0.601. The second-order valence-electron chi connectivity index (χ2n) is 8.26. The maximum atomic E-state index is 13.7. The molecule has 0 radical (unpaired) electrons. The van der Waals surface area contributed by atoms with Crippen LogP contribution in [0.3, 0.4) is 0 Å². The van der Waals surface area contributed by atoms with E-state index in [1.807, 2.05) is 18.2 Å². The van der Waals surface area contributed by atoms with Crippen LogP contribution in [0.5, 0.6) is 0 Å².